The molecule has 6 heteroatoms. The zero-order chi connectivity index (χ0) is 18.4. The molecule has 0 aromatic carbocycles. The summed E-state index contributed by atoms with van der Waals surface area (Å²) in [6.07, 6.45) is 4.45. The van der Waals surface area contributed by atoms with E-state index in [1.54, 1.807) is 0 Å². The molecule has 0 saturated heterocycles. The molecular weight excluding hydrogens is 312 g/mol. The molecule has 0 unspecified atom stereocenters. The van der Waals surface area contributed by atoms with Crippen LogP contribution in [0.1, 0.15) is 84.0 Å². The molecule has 24 heavy (non-hydrogen) atoms. The molecule has 0 spiro atoms. The van der Waals surface area contributed by atoms with Crippen LogP contribution < -0.4 is 0 Å². The zero-order valence-corrected chi connectivity index (χ0v) is 14.7. The fourth-order valence-electron chi connectivity index (χ4n) is 2.48. The van der Waals surface area contributed by atoms with Gasteiger partial charge in [-0.2, -0.15) is 0 Å². The SMILES string of the molecule is CCCCCCC(=O)[C@@H](O)[C@@H](O)C(=O)CCCCCCCC(=O)O. The molecule has 3 N–H and O–H groups in total. The third kappa shape index (κ3) is 11.3. The average Bonchev–Trinajstić information content (AvgIpc) is 2.55. The van der Waals surface area contributed by atoms with Gasteiger partial charge in [-0.15, -0.1) is 0 Å². The topological polar surface area (TPSA) is 112 Å². The van der Waals surface area contributed by atoms with Crippen LogP contribution in [0.3, 0.4) is 0 Å². The number of hydrogen-bond acceptors (Lipinski definition) is 5. The predicted molar refractivity (Wildman–Crippen MR) is 90.7 cm³/mol. The Kier molecular flexibility index (Phi) is 13.4. The van der Waals surface area contributed by atoms with Crippen molar-refractivity contribution in [3.05, 3.63) is 0 Å². The second kappa shape index (κ2) is 14.1. The molecule has 2 atom stereocenters. The first-order valence-corrected chi connectivity index (χ1v) is 9.03. The van der Waals surface area contributed by atoms with Crippen LogP contribution in [0.15, 0.2) is 0 Å². The Labute approximate surface area is 144 Å². The normalized spacial score (nSPS) is 13.5. The highest BCUT2D eigenvalue weighted by atomic mass is 16.4. The van der Waals surface area contributed by atoms with E-state index in [2.05, 4.69) is 6.92 Å². The van der Waals surface area contributed by atoms with Crippen LogP contribution in [0.4, 0.5) is 0 Å². The molecule has 0 heterocycles. The monoisotopic (exact) mass is 344 g/mol. The maximum atomic E-state index is 11.8. The molecule has 140 valence electrons. The Balaban J connectivity index is 3.83. The van der Waals surface area contributed by atoms with Crippen molar-refractivity contribution in [3.8, 4) is 0 Å². The van der Waals surface area contributed by atoms with Crippen molar-refractivity contribution < 1.29 is 29.7 Å². The number of carboxylic acid groups (broad SMARTS) is 1. The molecular formula is C18H32O6. The lowest BCUT2D eigenvalue weighted by Gasteiger charge is -2.15. The van der Waals surface area contributed by atoms with Gasteiger partial charge in [0, 0.05) is 19.3 Å². The summed E-state index contributed by atoms with van der Waals surface area (Å²) >= 11 is 0. The van der Waals surface area contributed by atoms with E-state index >= 15 is 0 Å². The van der Waals surface area contributed by atoms with Crippen LogP contribution in [0.5, 0.6) is 0 Å². The second-order valence-electron chi connectivity index (χ2n) is 6.29. The van der Waals surface area contributed by atoms with Gasteiger partial charge in [-0.25, -0.2) is 0 Å². The lowest BCUT2D eigenvalue weighted by Crippen LogP contribution is -2.39. The molecule has 0 rings (SSSR count). The molecule has 0 radical (unpaired) electrons. The summed E-state index contributed by atoms with van der Waals surface area (Å²) in [6.45, 7) is 2.06. The smallest absolute Gasteiger partial charge is 0.303 e. The van der Waals surface area contributed by atoms with Gasteiger partial charge in [0.05, 0.1) is 0 Å². The van der Waals surface area contributed by atoms with E-state index in [0.29, 0.717) is 19.3 Å². The van der Waals surface area contributed by atoms with Gasteiger partial charge in [0.2, 0.25) is 0 Å². The van der Waals surface area contributed by atoms with Crippen LogP contribution in [0.25, 0.3) is 0 Å². The fraction of sp³-hybridized carbons (Fsp3) is 0.833. The number of carbonyl (C=O) groups is 3. The van der Waals surface area contributed by atoms with Gasteiger partial charge < -0.3 is 15.3 Å². The number of ketones is 2. The quantitative estimate of drug-likeness (QED) is 0.371. The van der Waals surface area contributed by atoms with Crippen LogP contribution >= 0.6 is 0 Å². The first kappa shape index (κ1) is 22.7. The molecule has 0 aromatic heterocycles. The van der Waals surface area contributed by atoms with E-state index < -0.39 is 29.7 Å². The maximum absolute atomic E-state index is 11.8. The Bertz CT molecular complexity index is 380. The van der Waals surface area contributed by atoms with Gasteiger partial charge in [0.1, 0.15) is 12.2 Å². The van der Waals surface area contributed by atoms with Crippen LogP contribution in [0, 0.1) is 0 Å². The van der Waals surface area contributed by atoms with Crippen molar-refractivity contribution in [2.24, 2.45) is 0 Å². The van der Waals surface area contributed by atoms with Gasteiger partial charge in [-0.05, 0) is 19.3 Å². The lowest BCUT2D eigenvalue weighted by molar-refractivity contribution is -0.143. The van der Waals surface area contributed by atoms with Crippen molar-refractivity contribution in [1.82, 2.24) is 0 Å². The first-order chi connectivity index (χ1) is 11.4. The van der Waals surface area contributed by atoms with Crippen molar-refractivity contribution in [2.75, 3.05) is 0 Å². The molecule has 6 nitrogen and oxygen atoms in total. The number of aliphatic hydroxyl groups excluding tert-OH is 2. The van der Waals surface area contributed by atoms with E-state index in [1.165, 1.54) is 0 Å². The summed E-state index contributed by atoms with van der Waals surface area (Å²) in [6, 6.07) is 0. The number of aliphatic carboxylic acids is 1. The van der Waals surface area contributed by atoms with E-state index in [4.69, 9.17) is 5.11 Å². The Morgan fingerprint density at radius 3 is 1.46 bits per heavy atom. The van der Waals surface area contributed by atoms with E-state index in [-0.39, 0.29) is 19.3 Å². The summed E-state index contributed by atoms with van der Waals surface area (Å²) in [5, 5.41) is 28.0. The number of unbranched alkanes of at least 4 members (excludes halogenated alkanes) is 7. The molecule has 0 saturated carbocycles. The van der Waals surface area contributed by atoms with Gasteiger partial charge in [-0.1, -0.05) is 45.4 Å². The van der Waals surface area contributed by atoms with E-state index in [1.807, 2.05) is 0 Å². The van der Waals surface area contributed by atoms with Crippen LogP contribution in [-0.2, 0) is 14.4 Å². The van der Waals surface area contributed by atoms with Crippen molar-refractivity contribution in [2.45, 2.75) is 96.2 Å². The second-order valence-corrected chi connectivity index (χ2v) is 6.29. The minimum Gasteiger partial charge on any atom is -0.481 e. The summed E-state index contributed by atoms with van der Waals surface area (Å²) in [7, 11) is 0. The highest BCUT2D eigenvalue weighted by Crippen LogP contribution is 2.11. The predicted octanol–water partition coefficient (Wildman–Crippen LogP) is 2.63. The van der Waals surface area contributed by atoms with E-state index in [9.17, 15) is 24.6 Å². The van der Waals surface area contributed by atoms with Gasteiger partial charge in [0.25, 0.3) is 0 Å². The highest BCUT2D eigenvalue weighted by molar-refractivity contribution is 5.92. The molecule has 0 aliphatic heterocycles. The number of aliphatic hydroxyl groups is 2. The maximum Gasteiger partial charge on any atom is 0.303 e. The number of carboxylic acids is 1. The summed E-state index contributed by atoms with van der Waals surface area (Å²) in [4.78, 5) is 33.9. The lowest BCUT2D eigenvalue weighted by atomic mass is 9.98. The first-order valence-electron chi connectivity index (χ1n) is 9.03. The Morgan fingerprint density at radius 1 is 0.667 bits per heavy atom. The summed E-state index contributed by atoms with van der Waals surface area (Å²) < 4.78 is 0. The summed E-state index contributed by atoms with van der Waals surface area (Å²) in [5.74, 6) is -1.78. The van der Waals surface area contributed by atoms with Gasteiger partial charge in [-0.3, -0.25) is 14.4 Å². The van der Waals surface area contributed by atoms with Gasteiger partial charge in [0.15, 0.2) is 11.6 Å². The standard InChI is InChI=1S/C18H32O6/c1-2-3-4-8-11-14(19)17(23)18(24)15(20)12-9-6-5-7-10-13-16(21)22/h17-18,23-24H,2-13H2,1H3,(H,21,22)/t17-,18+/m1/s1. The molecule has 0 amide bonds. The van der Waals surface area contributed by atoms with E-state index in [0.717, 1.165) is 38.5 Å². The molecule has 0 fully saturated rings. The van der Waals surface area contributed by atoms with Crippen LogP contribution in [0.2, 0.25) is 0 Å². The van der Waals surface area contributed by atoms with Crippen molar-refractivity contribution >= 4 is 17.5 Å². The number of Topliss-reactive ketones (excluding diaryl/α,β-unsaturated/α-hetero) is 2. The highest BCUT2D eigenvalue weighted by Gasteiger charge is 2.28. The number of rotatable bonds is 16. The molecule has 0 aliphatic carbocycles. The fourth-order valence-corrected chi connectivity index (χ4v) is 2.48. The average molecular weight is 344 g/mol. The zero-order valence-electron chi connectivity index (χ0n) is 14.7. The third-order valence-corrected chi connectivity index (χ3v) is 4.05. The number of carbonyl (C=O) groups excluding carboxylic acids is 2. The molecule has 0 aliphatic rings. The molecule has 0 bridgehead atoms. The van der Waals surface area contributed by atoms with Gasteiger partial charge >= 0.3 is 5.97 Å². The third-order valence-electron chi connectivity index (χ3n) is 4.05. The Hall–Kier alpha value is -1.27. The van der Waals surface area contributed by atoms with Crippen molar-refractivity contribution in [1.29, 1.82) is 0 Å². The Morgan fingerprint density at radius 2 is 1.04 bits per heavy atom. The van der Waals surface area contributed by atoms with Crippen LogP contribution in [-0.4, -0.2) is 45.1 Å². The minimum absolute atomic E-state index is 0.125. The minimum atomic E-state index is -1.63. The summed E-state index contributed by atoms with van der Waals surface area (Å²) in [5.41, 5.74) is 0. The molecule has 0 aromatic rings. The van der Waals surface area contributed by atoms with Crippen molar-refractivity contribution in [3.63, 3.8) is 0 Å². The largest absolute Gasteiger partial charge is 0.481 e. The number of hydrogen-bond donors (Lipinski definition) is 3.